The van der Waals surface area contributed by atoms with E-state index in [0.29, 0.717) is 5.56 Å². The number of hydrogen-bond acceptors (Lipinski definition) is 4. The van der Waals surface area contributed by atoms with E-state index in [9.17, 15) is 14.4 Å². The highest BCUT2D eigenvalue weighted by Crippen LogP contribution is 2.27. The molecule has 0 aromatic heterocycles. The van der Waals surface area contributed by atoms with Gasteiger partial charge in [-0.1, -0.05) is 50.2 Å². The standard InChI is InChI=1S/C29H41N3O4/c1-17(2)23(31-28(35)36-29(7,8)9)27(34)32(10)25(22-15-14-18(3)21(6)16-22)26(33)30-24-19(4)12-11-13-20(24)5/h11-17,23,25H,1-10H3,(H,30,33)(H,31,35). The maximum atomic E-state index is 13.7. The Hall–Kier alpha value is -3.35. The van der Waals surface area contributed by atoms with Crippen molar-refractivity contribution in [1.82, 2.24) is 10.2 Å². The van der Waals surface area contributed by atoms with Gasteiger partial charge >= 0.3 is 6.09 Å². The Morgan fingerprint density at radius 2 is 1.47 bits per heavy atom. The van der Waals surface area contributed by atoms with Crippen molar-refractivity contribution in [2.45, 2.75) is 80.0 Å². The lowest BCUT2D eigenvalue weighted by molar-refractivity contribution is -0.140. The number of likely N-dealkylation sites (N-methyl/N-ethyl adjacent to an activating group) is 1. The fourth-order valence-electron chi connectivity index (χ4n) is 3.98. The van der Waals surface area contributed by atoms with Crippen molar-refractivity contribution in [1.29, 1.82) is 0 Å². The SMILES string of the molecule is Cc1ccc(C(C(=O)Nc2c(C)cccc2C)N(C)C(=O)C(NC(=O)OC(C)(C)C)C(C)C)cc1C. The maximum Gasteiger partial charge on any atom is 0.408 e. The molecule has 7 nitrogen and oxygen atoms in total. The monoisotopic (exact) mass is 495 g/mol. The number of ether oxygens (including phenoxy) is 1. The number of amides is 3. The van der Waals surface area contributed by atoms with E-state index in [1.807, 2.05) is 77.9 Å². The van der Waals surface area contributed by atoms with E-state index in [2.05, 4.69) is 10.6 Å². The van der Waals surface area contributed by atoms with Crippen LogP contribution in [0.25, 0.3) is 0 Å². The summed E-state index contributed by atoms with van der Waals surface area (Å²) in [6.07, 6.45) is -0.675. The van der Waals surface area contributed by atoms with Gasteiger partial charge in [0.05, 0.1) is 0 Å². The van der Waals surface area contributed by atoms with Crippen LogP contribution in [0.2, 0.25) is 0 Å². The summed E-state index contributed by atoms with van der Waals surface area (Å²) in [4.78, 5) is 41.4. The second-order valence-electron chi connectivity index (χ2n) is 10.8. The molecule has 0 aliphatic heterocycles. The minimum absolute atomic E-state index is 0.227. The van der Waals surface area contributed by atoms with Gasteiger partial charge in [0, 0.05) is 12.7 Å². The van der Waals surface area contributed by atoms with Crippen LogP contribution in [0.5, 0.6) is 0 Å². The number of nitrogens with zero attached hydrogens (tertiary/aromatic N) is 1. The first-order valence-electron chi connectivity index (χ1n) is 12.3. The molecule has 3 amide bonds. The van der Waals surface area contributed by atoms with Crippen molar-refractivity contribution in [2.24, 2.45) is 5.92 Å². The van der Waals surface area contributed by atoms with Gasteiger partial charge in [-0.3, -0.25) is 9.59 Å². The molecule has 0 aliphatic carbocycles. The van der Waals surface area contributed by atoms with Crippen LogP contribution in [0.15, 0.2) is 36.4 Å². The second-order valence-corrected chi connectivity index (χ2v) is 10.8. The zero-order chi connectivity index (χ0) is 27.4. The Bertz CT molecular complexity index is 1100. The predicted molar refractivity (Wildman–Crippen MR) is 144 cm³/mol. The number of alkyl carbamates (subject to hydrolysis) is 1. The van der Waals surface area contributed by atoms with Crippen LogP contribution in [0.3, 0.4) is 0 Å². The molecule has 0 bridgehead atoms. The number of nitrogens with one attached hydrogen (secondary N) is 2. The molecule has 0 spiro atoms. The van der Waals surface area contributed by atoms with Crippen molar-refractivity contribution >= 4 is 23.6 Å². The van der Waals surface area contributed by atoms with E-state index in [1.54, 1.807) is 27.8 Å². The highest BCUT2D eigenvalue weighted by Gasteiger charge is 2.35. The lowest BCUT2D eigenvalue weighted by Gasteiger charge is -2.33. The normalized spacial score (nSPS) is 13.1. The van der Waals surface area contributed by atoms with Crippen molar-refractivity contribution in [2.75, 3.05) is 12.4 Å². The van der Waals surface area contributed by atoms with Gasteiger partial charge in [0.15, 0.2) is 0 Å². The van der Waals surface area contributed by atoms with Gasteiger partial charge in [0.2, 0.25) is 5.91 Å². The molecule has 2 aromatic carbocycles. The van der Waals surface area contributed by atoms with Crippen LogP contribution >= 0.6 is 0 Å². The molecule has 0 saturated carbocycles. The Kier molecular flexibility index (Phi) is 9.30. The fourth-order valence-corrected chi connectivity index (χ4v) is 3.98. The van der Waals surface area contributed by atoms with Crippen molar-refractivity contribution in [3.05, 3.63) is 64.2 Å². The summed E-state index contributed by atoms with van der Waals surface area (Å²) >= 11 is 0. The first-order valence-corrected chi connectivity index (χ1v) is 12.3. The van der Waals surface area contributed by atoms with Crippen LogP contribution < -0.4 is 10.6 Å². The van der Waals surface area contributed by atoms with Gasteiger partial charge in [0.1, 0.15) is 17.7 Å². The van der Waals surface area contributed by atoms with Gasteiger partial charge in [-0.25, -0.2) is 4.79 Å². The summed E-state index contributed by atoms with van der Waals surface area (Å²) in [6, 6.07) is 9.77. The summed E-state index contributed by atoms with van der Waals surface area (Å²) in [7, 11) is 1.60. The topological polar surface area (TPSA) is 87.7 Å². The van der Waals surface area contributed by atoms with Gasteiger partial charge < -0.3 is 20.3 Å². The third-order valence-corrected chi connectivity index (χ3v) is 6.16. The molecule has 2 N–H and O–H groups in total. The van der Waals surface area contributed by atoms with Crippen LogP contribution in [0.1, 0.15) is 68.5 Å². The van der Waals surface area contributed by atoms with Crippen LogP contribution in [-0.2, 0) is 14.3 Å². The molecule has 2 unspecified atom stereocenters. The molecule has 36 heavy (non-hydrogen) atoms. The van der Waals surface area contributed by atoms with Crippen LogP contribution in [-0.4, -0.2) is 41.5 Å². The summed E-state index contributed by atoms with van der Waals surface area (Å²) in [5.41, 5.74) is 4.69. The molecule has 0 saturated heterocycles. The number of anilines is 1. The summed E-state index contributed by atoms with van der Waals surface area (Å²) in [5, 5.41) is 5.75. The highest BCUT2D eigenvalue weighted by atomic mass is 16.6. The Labute approximate surface area is 215 Å². The molecule has 0 aliphatic rings. The van der Waals surface area contributed by atoms with E-state index in [-0.39, 0.29) is 17.7 Å². The predicted octanol–water partition coefficient (Wildman–Crippen LogP) is 5.61. The lowest BCUT2D eigenvalue weighted by Crippen LogP contribution is -2.53. The molecule has 0 fully saturated rings. The third-order valence-electron chi connectivity index (χ3n) is 6.16. The Morgan fingerprint density at radius 1 is 0.889 bits per heavy atom. The minimum atomic E-state index is -0.905. The van der Waals surface area contributed by atoms with E-state index in [4.69, 9.17) is 4.74 Å². The molecule has 0 radical (unpaired) electrons. The molecule has 0 heterocycles. The zero-order valence-corrected chi connectivity index (χ0v) is 23.3. The Balaban J connectivity index is 2.45. The molecular weight excluding hydrogens is 454 g/mol. The average Bonchev–Trinajstić information content (AvgIpc) is 2.75. The average molecular weight is 496 g/mol. The number of carbonyl (C=O) groups excluding carboxylic acids is 3. The first kappa shape index (κ1) is 28.9. The first-order chi connectivity index (χ1) is 16.6. The number of rotatable bonds is 7. The van der Waals surface area contributed by atoms with Gasteiger partial charge in [-0.05, 0) is 82.2 Å². The Morgan fingerprint density at radius 3 is 1.97 bits per heavy atom. The number of aryl methyl sites for hydroxylation is 4. The lowest BCUT2D eigenvalue weighted by atomic mass is 9.97. The van der Waals surface area contributed by atoms with Gasteiger partial charge in [-0.15, -0.1) is 0 Å². The second kappa shape index (κ2) is 11.6. The minimum Gasteiger partial charge on any atom is -0.444 e. The van der Waals surface area contributed by atoms with E-state index < -0.39 is 23.8 Å². The fraction of sp³-hybridized carbons (Fsp3) is 0.483. The third kappa shape index (κ3) is 7.33. The number of para-hydroxylation sites is 1. The molecule has 2 atom stereocenters. The van der Waals surface area contributed by atoms with Crippen molar-refractivity contribution < 1.29 is 19.1 Å². The van der Waals surface area contributed by atoms with Crippen molar-refractivity contribution in [3.8, 4) is 0 Å². The smallest absolute Gasteiger partial charge is 0.408 e. The van der Waals surface area contributed by atoms with E-state index >= 15 is 0 Å². The van der Waals surface area contributed by atoms with E-state index in [1.165, 1.54) is 4.90 Å². The number of benzene rings is 2. The quantitative estimate of drug-likeness (QED) is 0.523. The highest BCUT2D eigenvalue weighted by molar-refractivity contribution is 5.99. The van der Waals surface area contributed by atoms with Crippen LogP contribution in [0.4, 0.5) is 10.5 Å². The van der Waals surface area contributed by atoms with Crippen molar-refractivity contribution in [3.63, 3.8) is 0 Å². The van der Waals surface area contributed by atoms with Gasteiger partial charge in [-0.2, -0.15) is 0 Å². The summed E-state index contributed by atoms with van der Waals surface area (Å²) in [5.74, 6) is -0.934. The summed E-state index contributed by atoms with van der Waals surface area (Å²) < 4.78 is 5.38. The molecular formula is C29H41N3O4. The van der Waals surface area contributed by atoms with E-state index in [0.717, 1.165) is 27.9 Å². The molecule has 7 heteroatoms. The summed E-state index contributed by atoms with van der Waals surface area (Å²) in [6.45, 7) is 16.8. The van der Waals surface area contributed by atoms with Crippen LogP contribution in [0, 0.1) is 33.6 Å². The number of hydrogen-bond donors (Lipinski definition) is 2. The molecule has 2 rings (SSSR count). The largest absolute Gasteiger partial charge is 0.444 e. The zero-order valence-electron chi connectivity index (χ0n) is 23.3. The maximum absolute atomic E-state index is 13.7. The van der Waals surface area contributed by atoms with Gasteiger partial charge in [0.25, 0.3) is 5.91 Å². The number of carbonyl (C=O) groups is 3. The molecule has 2 aromatic rings. The molecule has 196 valence electrons.